The fourth-order valence-corrected chi connectivity index (χ4v) is 2.68. The zero-order valence-electron chi connectivity index (χ0n) is 12.9. The molecule has 1 heterocycles. The Morgan fingerprint density at radius 2 is 2.14 bits per heavy atom. The van der Waals surface area contributed by atoms with Crippen LogP contribution in [0.15, 0.2) is 30.5 Å². The normalized spacial score (nSPS) is 12.7. The van der Waals surface area contributed by atoms with Crippen molar-refractivity contribution in [3.63, 3.8) is 0 Å². The first-order valence-corrected chi connectivity index (χ1v) is 7.59. The van der Waals surface area contributed by atoms with Crippen LogP contribution in [0.25, 0.3) is 0 Å². The lowest BCUT2D eigenvalue weighted by molar-refractivity contribution is 0.339. The molecular weight excluding hydrogens is 286 g/mol. The Morgan fingerprint density at radius 1 is 1.38 bits per heavy atom. The van der Waals surface area contributed by atoms with Crippen molar-refractivity contribution in [1.29, 1.82) is 0 Å². The van der Waals surface area contributed by atoms with Crippen molar-refractivity contribution >= 4 is 11.6 Å². The average Bonchev–Trinajstić information content (AvgIpc) is 2.83. The molecule has 114 valence electrons. The van der Waals surface area contributed by atoms with E-state index in [0.717, 1.165) is 17.0 Å². The van der Waals surface area contributed by atoms with Gasteiger partial charge in [-0.2, -0.15) is 5.10 Å². The second-order valence-corrected chi connectivity index (χ2v) is 5.55. The molecule has 21 heavy (non-hydrogen) atoms. The van der Waals surface area contributed by atoms with Gasteiger partial charge in [-0.05, 0) is 45.5 Å². The van der Waals surface area contributed by atoms with E-state index in [9.17, 15) is 0 Å². The van der Waals surface area contributed by atoms with Crippen LogP contribution in [0.4, 0.5) is 0 Å². The molecule has 0 saturated heterocycles. The van der Waals surface area contributed by atoms with Gasteiger partial charge in [0.05, 0.1) is 29.6 Å². The molecule has 5 heteroatoms. The molecule has 0 radical (unpaired) electrons. The van der Waals surface area contributed by atoms with E-state index in [1.165, 1.54) is 0 Å². The lowest BCUT2D eigenvalue weighted by Gasteiger charge is -2.21. The number of aromatic nitrogens is 2. The standard InChI is InChI=1S/C16H22ClN3O/c1-5-21-13-8-6-7-12(9-13)15(18-4)16-14(17)10-19-20(16)11(2)3/h6-11,15,18H,5H2,1-4H3. The Balaban J connectivity index is 2.44. The molecule has 0 aliphatic rings. The Morgan fingerprint density at radius 3 is 2.76 bits per heavy atom. The van der Waals surface area contributed by atoms with E-state index < -0.39 is 0 Å². The number of benzene rings is 1. The zero-order valence-corrected chi connectivity index (χ0v) is 13.7. The molecule has 0 saturated carbocycles. The van der Waals surface area contributed by atoms with Gasteiger partial charge in [-0.25, -0.2) is 0 Å². The van der Waals surface area contributed by atoms with E-state index in [0.29, 0.717) is 11.6 Å². The predicted octanol–water partition coefficient (Wildman–Crippen LogP) is 3.82. The average molecular weight is 308 g/mol. The molecule has 1 aromatic carbocycles. The SMILES string of the molecule is CCOc1cccc(C(NC)c2c(Cl)cnn2C(C)C)c1. The summed E-state index contributed by atoms with van der Waals surface area (Å²) < 4.78 is 7.54. The topological polar surface area (TPSA) is 39.1 Å². The zero-order chi connectivity index (χ0) is 15.4. The van der Waals surface area contributed by atoms with Crippen LogP contribution in [0.5, 0.6) is 5.75 Å². The van der Waals surface area contributed by atoms with Crippen LogP contribution in [0.2, 0.25) is 5.02 Å². The van der Waals surface area contributed by atoms with E-state index in [-0.39, 0.29) is 12.1 Å². The molecule has 2 rings (SSSR count). The maximum Gasteiger partial charge on any atom is 0.119 e. The molecular formula is C16H22ClN3O. The molecule has 0 aliphatic heterocycles. The quantitative estimate of drug-likeness (QED) is 0.881. The van der Waals surface area contributed by atoms with Crippen molar-refractivity contribution in [1.82, 2.24) is 15.1 Å². The second kappa shape index (κ2) is 6.96. The minimum absolute atomic E-state index is 0.0252. The third-order valence-corrected chi connectivity index (χ3v) is 3.63. The fraction of sp³-hybridized carbons (Fsp3) is 0.438. The predicted molar refractivity (Wildman–Crippen MR) is 86.1 cm³/mol. The van der Waals surface area contributed by atoms with Gasteiger partial charge in [-0.1, -0.05) is 23.7 Å². The molecule has 2 aromatic rings. The highest BCUT2D eigenvalue weighted by Crippen LogP contribution is 2.31. The van der Waals surface area contributed by atoms with E-state index >= 15 is 0 Å². The summed E-state index contributed by atoms with van der Waals surface area (Å²) in [7, 11) is 1.92. The summed E-state index contributed by atoms with van der Waals surface area (Å²) >= 11 is 6.36. The van der Waals surface area contributed by atoms with Crippen LogP contribution in [-0.2, 0) is 0 Å². The summed E-state index contributed by atoms with van der Waals surface area (Å²) in [6, 6.07) is 8.28. The highest BCUT2D eigenvalue weighted by molar-refractivity contribution is 6.31. The molecule has 1 atom stereocenters. The van der Waals surface area contributed by atoms with E-state index in [4.69, 9.17) is 16.3 Å². The van der Waals surface area contributed by atoms with Gasteiger partial charge >= 0.3 is 0 Å². The van der Waals surface area contributed by atoms with Crippen molar-refractivity contribution < 1.29 is 4.74 Å². The molecule has 1 aromatic heterocycles. The first-order chi connectivity index (χ1) is 10.1. The van der Waals surface area contributed by atoms with E-state index in [2.05, 4.69) is 30.3 Å². The molecule has 0 spiro atoms. The van der Waals surface area contributed by atoms with Crippen molar-refractivity contribution in [3.8, 4) is 5.75 Å². The summed E-state index contributed by atoms with van der Waals surface area (Å²) in [5.41, 5.74) is 2.08. The molecule has 0 fully saturated rings. The molecule has 1 unspecified atom stereocenters. The first kappa shape index (κ1) is 15.9. The van der Waals surface area contributed by atoms with Gasteiger partial charge in [-0.3, -0.25) is 4.68 Å². The van der Waals surface area contributed by atoms with Crippen LogP contribution >= 0.6 is 11.6 Å². The van der Waals surface area contributed by atoms with Crippen molar-refractivity contribution in [2.45, 2.75) is 32.9 Å². The number of rotatable bonds is 6. The van der Waals surface area contributed by atoms with Gasteiger partial charge < -0.3 is 10.1 Å². The Bertz CT molecular complexity index is 595. The van der Waals surface area contributed by atoms with Gasteiger partial charge in [-0.15, -0.1) is 0 Å². The smallest absolute Gasteiger partial charge is 0.119 e. The van der Waals surface area contributed by atoms with Crippen LogP contribution in [0.1, 0.15) is 44.1 Å². The van der Waals surface area contributed by atoms with Gasteiger partial charge in [0.2, 0.25) is 0 Å². The summed E-state index contributed by atoms with van der Waals surface area (Å²) in [5.74, 6) is 0.863. The second-order valence-electron chi connectivity index (χ2n) is 5.14. The molecule has 0 amide bonds. The monoisotopic (exact) mass is 307 g/mol. The van der Waals surface area contributed by atoms with Gasteiger partial charge in [0.15, 0.2) is 0 Å². The number of halogens is 1. The van der Waals surface area contributed by atoms with Crippen LogP contribution in [0, 0.1) is 0 Å². The summed E-state index contributed by atoms with van der Waals surface area (Å²) in [4.78, 5) is 0. The van der Waals surface area contributed by atoms with Gasteiger partial charge in [0.1, 0.15) is 5.75 Å². The molecule has 1 N–H and O–H groups in total. The van der Waals surface area contributed by atoms with Gasteiger partial charge in [0, 0.05) is 6.04 Å². The first-order valence-electron chi connectivity index (χ1n) is 7.21. The van der Waals surface area contributed by atoms with Crippen molar-refractivity contribution in [2.75, 3.05) is 13.7 Å². The molecule has 0 bridgehead atoms. The van der Waals surface area contributed by atoms with Crippen LogP contribution in [-0.4, -0.2) is 23.4 Å². The maximum atomic E-state index is 6.36. The number of hydrogen-bond donors (Lipinski definition) is 1. The number of ether oxygens (including phenoxy) is 1. The highest BCUT2D eigenvalue weighted by Gasteiger charge is 2.22. The summed E-state index contributed by atoms with van der Waals surface area (Å²) in [6.07, 6.45) is 1.70. The van der Waals surface area contributed by atoms with Crippen LogP contribution < -0.4 is 10.1 Å². The Kier molecular flexibility index (Phi) is 5.26. The summed E-state index contributed by atoms with van der Waals surface area (Å²) in [6.45, 7) is 6.82. The molecule has 0 aliphatic carbocycles. The maximum absolute atomic E-state index is 6.36. The fourth-order valence-electron chi connectivity index (χ4n) is 2.44. The van der Waals surface area contributed by atoms with E-state index in [1.807, 2.05) is 36.9 Å². The highest BCUT2D eigenvalue weighted by atomic mass is 35.5. The molecule has 4 nitrogen and oxygen atoms in total. The van der Waals surface area contributed by atoms with Crippen molar-refractivity contribution in [2.24, 2.45) is 0 Å². The third-order valence-electron chi connectivity index (χ3n) is 3.34. The minimum Gasteiger partial charge on any atom is -0.494 e. The largest absolute Gasteiger partial charge is 0.494 e. The Hall–Kier alpha value is -1.52. The van der Waals surface area contributed by atoms with E-state index in [1.54, 1.807) is 6.20 Å². The van der Waals surface area contributed by atoms with Crippen molar-refractivity contribution in [3.05, 3.63) is 46.7 Å². The number of nitrogens with zero attached hydrogens (tertiary/aromatic N) is 2. The van der Waals surface area contributed by atoms with Crippen LogP contribution in [0.3, 0.4) is 0 Å². The minimum atomic E-state index is -0.0252. The number of hydrogen-bond acceptors (Lipinski definition) is 3. The third kappa shape index (κ3) is 3.39. The summed E-state index contributed by atoms with van der Waals surface area (Å²) in [5, 5.41) is 8.38. The van der Waals surface area contributed by atoms with Gasteiger partial charge in [0.25, 0.3) is 0 Å². The lowest BCUT2D eigenvalue weighted by atomic mass is 10.0. The lowest BCUT2D eigenvalue weighted by Crippen LogP contribution is -2.22. The number of nitrogens with one attached hydrogen (secondary N) is 1. The Labute approximate surface area is 131 Å².